The number of fused-ring (bicyclic) bond motifs is 1. The maximum atomic E-state index is 12.6. The van der Waals surface area contributed by atoms with Crippen LogP contribution in [0.1, 0.15) is 21.7 Å². The molecule has 9 nitrogen and oxygen atoms in total. The molecule has 2 aromatic carbocycles. The van der Waals surface area contributed by atoms with Crippen molar-refractivity contribution >= 4 is 57.7 Å². The van der Waals surface area contributed by atoms with E-state index in [0.29, 0.717) is 31.9 Å². The molecule has 1 fully saturated rings. The number of carbonyl (C=O) groups is 2. The van der Waals surface area contributed by atoms with Crippen LogP contribution in [-0.4, -0.2) is 60.1 Å². The van der Waals surface area contributed by atoms with Crippen molar-refractivity contribution in [1.29, 1.82) is 0 Å². The van der Waals surface area contributed by atoms with Crippen molar-refractivity contribution in [3.05, 3.63) is 75.6 Å². The fourth-order valence-corrected chi connectivity index (χ4v) is 4.86. The summed E-state index contributed by atoms with van der Waals surface area (Å²) in [6, 6.07) is 15.1. The van der Waals surface area contributed by atoms with Crippen LogP contribution in [-0.2, 0) is 20.7 Å². The highest BCUT2D eigenvalue weighted by atomic mass is 32.1. The second-order valence-corrected chi connectivity index (χ2v) is 10.1. The number of rotatable bonds is 8. The molecular weight excluding hydrogens is 502 g/mol. The van der Waals surface area contributed by atoms with E-state index in [9.17, 15) is 9.59 Å². The Morgan fingerprint density at radius 2 is 1.97 bits per heavy atom. The van der Waals surface area contributed by atoms with Gasteiger partial charge >= 0.3 is 6.03 Å². The summed E-state index contributed by atoms with van der Waals surface area (Å²) in [6.45, 7) is 3.41. The summed E-state index contributed by atoms with van der Waals surface area (Å²) in [5.41, 5.74) is 4.93. The number of aromatic amines is 1. The molecule has 3 amide bonds. The molecule has 10 heteroatoms. The van der Waals surface area contributed by atoms with E-state index >= 15 is 0 Å². The largest absolute Gasteiger partial charge is 0.348 e. The number of ether oxygens (including phenoxy) is 2. The number of amides is 3. The lowest BCUT2D eigenvalue weighted by Crippen LogP contribution is -2.37. The van der Waals surface area contributed by atoms with Crippen molar-refractivity contribution in [2.75, 3.05) is 37.4 Å². The van der Waals surface area contributed by atoms with Crippen molar-refractivity contribution in [1.82, 2.24) is 15.1 Å². The van der Waals surface area contributed by atoms with Crippen molar-refractivity contribution in [2.45, 2.75) is 19.6 Å². The number of anilines is 2. The number of hydrogen-bond donors (Lipinski definition) is 3. The van der Waals surface area contributed by atoms with E-state index in [-0.39, 0.29) is 18.2 Å². The van der Waals surface area contributed by atoms with Crippen LogP contribution in [0.3, 0.4) is 0 Å². The van der Waals surface area contributed by atoms with Crippen LogP contribution >= 0.6 is 11.3 Å². The van der Waals surface area contributed by atoms with Gasteiger partial charge in [0.2, 0.25) is 5.91 Å². The molecule has 0 unspecified atom stereocenters. The number of benzene rings is 2. The second-order valence-electron chi connectivity index (χ2n) is 9.07. The number of hydrogen-bond acceptors (Lipinski definition) is 6. The van der Waals surface area contributed by atoms with Crippen molar-refractivity contribution in [3.8, 4) is 0 Å². The number of aromatic nitrogens is 2. The maximum Gasteiger partial charge on any atom is 0.321 e. The highest BCUT2D eigenvalue weighted by Crippen LogP contribution is 2.26. The Balaban J connectivity index is 1.26. The SMILES string of the molecule is Cc1cc2[nH]nc(/C=C/c3cccc(NC(=O)N(C)CC4OCCO4)c3)c2cc1NC(=O)Cc1cccs1. The van der Waals surface area contributed by atoms with Gasteiger partial charge in [0.15, 0.2) is 6.29 Å². The lowest BCUT2D eigenvalue weighted by molar-refractivity contribution is -0.115. The van der Waals surface area contributed by atoms with Crippen LogP contribution in [0.25, 0.3) is 23.1 Å². The Hall–Kier alpha value is -3.99. The quantitative estimate of drug-likeness (QED) is 0.292. The number of H-pyrrole nitrogens is 1. The topological polar surface area (TPSA) is 109 Å². The van der Waals surface area contributed by atoms with Gasteiger partial charge in [-0.3, -0.25) is 9.89 Å². The summed E-state index contributed by atoms with van der Waals surface area (Å²) in [6.07, 6.45) is 3.80. The van der Waals surface area contributed by atoms with E-state index in [4.69, 9.17) is 9.47 Å². The highest BCUT2D eigenvalue weighted by molar-refractivity contribution is 7.10. The van der Waals surface area contributed by atoms with Gasteiger partial charge in [-0.2, -0.15) is 5.10 Å². The van der Waals surface area contributed by atoms with E-state index < -0.39 is 0 Å². The van der Waals surface area contributed by atoms with Gasteiger partial charge in [0.1, 0.15) is 0 Å². The third-order valence-electron chi connectivity index (χ3n) is 6.16. The lowest BCUT2D eigenvalue weighted by atomic mass is 10.1. The standard InChI is InChI=1S/C28H29N5O4S/c1-18-13-25-22(16-24(18)30-26(34)15-21-7-4-12-38-21)23(31-32-25)9-8-19-5-3-6-20(14-19)29-28(35)33(2)17-27-36-10-11-37-27/h3-9,12-14,16,27H,10-11,15,17H2,1-2H3,(H,29,35)(H,30,34)(H,31,32)/b9-8+. The first kappa shape index (κ1) is 25.7. The van der Waals surface area contributed by atoms with Gasteiger partial charge in [0.05, 0.1) is 37.4 Å². The van der Waals surface area contributed by atoms with Crippen LogP contribution in [0, 0.1) is 6.92 Å². The predicted molar refractivity (Wildman–Crippen MR) is 150 cm³/mol. The van der Waals surface area contributed by atoms with E-state index in [1.54, 1.807) is 18.4 Å². The molecule has 1 saturated heterocycles. The molecule has 0 atom stereocenters. The smallest absolute Gasteiger partial charge is 0.321 e. The molecule has 4 aromatic rings. The zero-order valence-corrected chi connectivity index (χ0v) is 22.0. The van der Waals surface area contributed by atoms with Gasteiger partial charge in [0, 0.05) is 28.7 Å². The molecule has 3 heterocycles. The molecule has 0 bridgehead atoms. The Morgan fingerprint density at radius 3 is 2.76 bits per heavy atom. The minimum absolute atomic E-state index is 0.0525. The van der Waals surface area contributed by atoms with E-state index in [0.717, 1.165) is 38.3 Å². The molecule has 0 saturated carbocycles. The first-order valence-electron chi connectivity index (χ1n) is 12.3. The average Bonchev–Trinajstić information content (AvgIpc) is 3.67. The Kier molecular flexibility index (Phi) is 7.83. The summed E-state index contributed by atoms with van der Waals surface area (Å²) in [7, 11) is 1.70. The molecule has 1 aliphatic rings. The van der Waals surface area contributed by atoms with Gasteiger partial charge < -0.3 is 25.0 Å². The van der Waals surface area contributed by atoms with Gasteiger partial charge in [-0.15, -0.1) is 11.3 Å². The number of urea groups is 1. The lowest BCUT2D eigenvalue weighted by Gasteiger charge is -2.20. The van der Waals surface area contributed by atoms with E-state index in [1.807, 2.05) is 73.0 Å². The molecular formula is C28H29N5O4S. The summed E-state index contributed by atoms with van der Waals surface area (Å²) in [5, 5.41) is 16.3. The molecule has 0 radical (unpaired) electrons. The monoisotopic (exact) mass is 531 g/mol. The molecule has 0 aliphatic carbocycles. The third kappa shape index (κ3) is 6.28. The van der Waals surface area contributed by atoms with Crippen molar-refractivity contribution in [3.63, 3.8) is 0 Å². The number of thiophene rings is 1. The maximum absolute atomic E-state index is 12.6. The number of nitrogens with one attached hydrogen (secondary N) is 3. The summed E-state index contributed by atoms with van der Waals surface area (Å²) >= 11 is 1.57. The summed E-state index contributed by atoms with van der Waals surface area (Å²) in [5.74, 6) is -0.0525. The van der Waals surface area contributed by atoms with Crippen LogP contribution < -0.4 is 10.6 Å². The van der Waals surface area contributed by atoms with Gasteiger partial charge in [-0.25, -0.2) is 4.79 Å². The second kappa shape index (κ2) is 11.6. The average molecular weight is 532 g/mol. The van der Waals surface area contributed by atoms with Gasteiger partial charge in [-0.1, -0.05) is 24.3 Å². The Labute approximate surface area is 224 Å². The number of aryl methyl sites for hydroxylation is 1. The molecule has 38 heavy (non-hydrogen) atoms. The molecule has 196 valence electrons. The van der Waals surface area contributed by atoms with Crippen LogP contribution in [0.5, 0.6) is 0 Å². The van der Waals surface area contributed by atoms with Gasteiger partial charge in [-0.05, 0) is 59.8 Å². The number of carbonyl (C=O) groups excluding carboxylic acids is 2. The van der Waals surface area contributed by atoms with E-state index in [1.165, 1.54) is 4.90 Å². The fraction of sp³-hybridized carbons (Fsp3) is 0.250. The number of nitrogens with zero attached hydrogens (tertiary/aromatic N) is 2. The highest BCUT2D eigenvalue weighted by Gasteiger charge is 2.20. The summed E-state index contributed by atoms with van der Waals surface area (Å²) in [4.78, 5) is 27.7. The summed E-state index contributed by atoms with van der Waals surface area (Å²) < 4.78 is 10.8. The normalized spacial score (nSPS) is 13.8. The minimum atomic E-state index is -0.387. The molecule has 1 aliphatic heterocycles. The zero-order valence-electron chi connectivity index (χ0n) is 21.2. The Morgan fingerprint density at radius 1 is 1.13 bits per heavy atom. The van der Waals surface area contributed by atoms with Crippen molar-refractivity contribution < 1.29 is 19.1 Å². The molecule has 2 aromatic heterocycles. The zero-order chi connectivity index (χ0) is 26.5. The third-order valence-corrected chi connectivity index (χ3v) is 7.03. The van der Waals surface area contributed by atoms with Crippen LogP contribution in [0.4, 0.5) is 16.2 Å². The predicted octanol–water partition coefficient (Wildman–Crippen LogP) is 5.12. The number of likely N-dealkylation sites (N-methyl/N-ethyl adjacent to an activating group) is 1. The van der Waals surface area contributed by atoms with Crippen molar-refractivity contribution in [2.24, 2.45) is 0 Å². The first-order chi connectivity index (χ1) is 18.4. The minimum Gasteiger partial charge on any atom is -0.348 e. The van der Waals surface area contributed by atoms with Crippen LogP contribution in [0.15, 0.2) is 53.9 Å². The Bertz CT molecular complexity index is 1460. The fourth-order valence-electron chi connectivity index (χ4n) is 4.15. The van der Waals surface area contributed by atoms with E-state index in [2.05, 4.69) is 20.8 Å². The first-order valence-corrected chi connectivity index (χ1v) is 13.2. The van der Waals surface area contributed by atoms with Crippen LogP contribution in [0.2, 0.25) is 0 Å². The van der Waals surface area contributed by atoms with Gasteiger partial charge in [0.25, 0.3) is 0 Å². The molecule has 0 spiro atoms. The molecule has 3 N–H and O–H groups in total. The molecule has 5 rings (SSSR count).